The first kappa shape index (κ1) is 18.2. The van der Waals surface area contributed by atoms with Gasteiger partial charge in [0.1, 0.15) is 0 Å². The summed E-state index contributed by atoms with van der Waals surface area (Å²) in [6.07, 6.45) is 6.92. The van der Waals surface area contributed by atoms with Crippen LogP contribution >= 0.6 is 0 Å². The van der Waals surface area contributed by atoms with Crippen LogP contribution in [-0.4, -0.2) is 11.1 Å². The molecule has 1 aliphatic carbocycles. The highest BCUT2D eigenvalue weighted by Crippen LogP contribution is 2.43. The zero-order valence-electron chi connectivity index (χ0n) is 15.2. The highest BCUT2D eigenvalue weighted by atomic mass is 16.4. The van der Waals surface area contributed by atoms with Crippen LogP contribution in [0.25, 0.3) is 0 Å². The van der Waals surface area contributed by atoms with E-state index >= 15 is 0 Å². The van der Waals surface area contributed by atoms with Crippen molar-refractivity contribution < 1.29 is 9.90 Å². The Morgan fingerprint density at radius 1 is 1.19 bits per heavy atom. The van der Waals surface area contributed by atoms with Gasteiger partial charge in [-0.3, -0.25) is 0 Å². The van der Waals surface area contributed by atoms with E-state index in [0.29, 0.717) is 17.0 Å². The fourth-order valence-electron chi connectivity index (χ4n) is 4.20. The van der Waals surface area contributed by atoms with Crippen LogP contribution in [0.3, 0.4) is 0 Å². The van der Waals surface area contributed by atoms with E-state index in [4.69, 9.17) is 5.26 Å². The maximum atomic E-state index is 11.3. The number of fused-ring (bicyclic) bond motifs is 1. The summed E-state index contributed by atoms with van der Waals surface area (Å²) in [5.74, 6) is -0.0170. The Bertz CT molecular complexity index is 817. The first-order valence-corrected chi connectivity index (χ1v) is 9.50. The molecule has 0 fully saturated rings. The van der Waals surface area contributed by atoms with Crippen molar-refractivity contribution in [3.63, 3.8) is 0 Å². The number of rotatable bonds is 6. The second-order valence-electron chi connectivity index (χ2n) is 7.22. The normalized spacial score (nSPS) is 18.8. The van der Waals surface area contributed by atoms with E-state index in [1.165, 1.54) is 36.8 Å². The van der Waals surface area contributed by atoms with Gasteiger partial charge < -0.3 is 5.11 Å². The number of carboxylic acids is 1. The molecule has 1 aliphatic rings. The molecule has 2 aromatic rings. The van der Waals surface area contributed by atoms with E-state index in [2.05, 4.69) is 25.1 Å². The molecule has 0 radical (unpaired) electrons. The molecule has 0 saturated carbocycles. The van der Waals surface area contributed by atoms with Gasteiger partial charge in [0.15, 0.2) is 0 Å². The maximum Gasteiger partial charge on any atom is 0.335 e. The van der Waals surface area contributed by atoms with Gasteiger partial charge in [-0.25, -0.2) is 4.79 Å². The van der Waals surface area contributed by atoms with Crippen molar-refractivity contribution in [1.82, 2.24) is 0 Å². The third-order valence-electron chi connectivity index (χ3n) is 5.56. The van der Waals surface area contributed by atoms with Gasteiger partial charge in [-0.05, 0) is 66.1 Å². The Balaban J connectivity index is 1.98. The van der Waals surface area contributed by atoms with Crippen LogP contribution in [0.15, 0.2) is 42.5 Å². The molecular weight excluding hydrogens is 322 g/mol. The van der Waals surface area contributed by atoms with Crippen LogP contribution < -0.4 is 0 Å². The van der Waals surface area contributed by atoms with Crippen molar-refractivity contribution in [3.05, 3.63) is 70.3 Å². The van der Waals surface area contributed by atoms with Gasteiger partial charge in [0.05, 0.1) is 17.2 Å². The Morgan fingerprint density at radius 3 is 2.62 bits per heavy atom. The van der Waals surface area contributed by atoms with Gasteiger partial charge in [0.2, 0.25) is 0 Å². The smallest absolute Gasteiger partial charge is 0.335 e. The van der Waals surface area contributed by atoms with E-state index in [0.717, 1.165) is 18.4 Å². The second-order valence-corrected chi connectivity index (χ2v) is 7.22. The standard InChI is InChI=1S/C23H25NO2/c1-2-3-4-5-17-10-11-19-14-20(23(25)26)12-13-21(19)22(17)18-8-6-16(15-24)7-9-18/h6-9,12-14,17,22H,2-5,10-11H2,1H3,(H,25,26). The van der Waals surface area contributed by atoms with Crippen LogP contribution in [0.1, 0.15) is 77.6 Å². The largest absolute Gasteiger partial charge is 0.478 e. The van der Waals surface area contributed by atoms with Gasteiger partial charge in [0, 0.05) is 5.92 Å². The van der Waals surface area contributed by atoms with Crippen molar-refractivity contribution in [1.29, 1.82) is 5.26 Å². The number of nitriles is 1. The van der Waals surface area contributed by atoms with Gasteiger partial charge in [-0.15, -0.1) is 0 Å². The third-order valence-corrected chi connectivity index (χ3v) is 5.56. The van der Waals surface area contributed by atoms with Gasteiger partial charge in [0.25, 0.3) is 0 Å². The summed E-state index contributed by atoms with van der Waals surface area (Å²) in [6, 6.07) is 15.7. The van der Waals surface area contributed by atoms with E-state index in [-0.39, 0.29) is 5.92 Å². The van der Waals surface area contributed by atoms with Crippen LogP contribution in [0, 0.1) is 17.2 Å². The molecule has 0 bridgehead atoms. The molecule has 134 valence electrons. The molecule has 0 amide bonds. The van der Waals surface area contributed by atoms with Gasteiger partial charge in [-0.2, -0.15) is 5.26 Å². The average Bonchev–Trinajstić information content (AvgIpc) is 2.67. The van der Waals surface area contributed by atoms with Crippen molar-refractivity contribution in [3.8, 4) is 6.07 Å². The van der Waals surface area contributed by atoms with E-state index in [1.54, 1.807) is 6.07 Å². The van der Waals surface area contributed by atoms with Gasteiger partial charge >= 0.3 is 5.97 Å². The van der Waals surface area contributed by atoms with Crippen LogP contribution in [0.4, 0.5) is 0 Å². The number of nitrogens with zero attached hydrogens (tertiary/aromatic N) is 1. The lowest BCUT2D eigenvalue weighted by atomic mass is 9.70. The first-order valence-electron chi connectivity index (χ1n) is 9.50. The lowest BCUT2D eigenvalue weighted by molar-refractivity contribution is 0.0696. The summed E-state index contributed by atoms with van der Waals surface area (Å²) in [5.41, 5.74) is 4.69. The molecule has 2 unspecified atom stereocenters. The number of aryl methyl sites for hydroxylation is 1. The molecule has 0 saturated heterocycles. The minimum Gasteiger partial charge on any atom is -0.478 e. The topological polar surface area (TPSA) is 61.1 Å². The van der Waals surface area contributed by atoms with Crippen molar-refractivity contribution in [2.75, 3.05) is 0 Å². The zero-order valence-corrected chi connectivity index (χ0v) is 15.2. The fourth-order valence-corrected chi connectivity index (χ4v) is 4.20. The molecule has 26 heavy (non-hydrogen) atoms. The molecule has 0 aliphatic heterocycles. The van der Waals surface area contributed by atoms with Crippen molar-refractivity contribution >= 4 is 5.97 Å². The highest BCUT2D eigenvalue weighted by Gasteiger charge is 2.30. The number of hydrogen-bond donors (Lipinski definition) is 1. The Labute approximate surface area is 155 Å². The Hall–Kier alpha value is -2.60. The second kappa shape index (κ2) is 8.19. The number of carbonyl (C=O) groups is 1. The first-order chi connectivity index (χ1) is 12.6. The number of benzene rings is 2. The number of unbranched alkanes of at least 4 members (excludes halogenated alkanes) is 2. The molecule has 0 heterocycles. The molecule has 2 atom stereocenters. The molecule has 0 spiro atoms. The quantitative estimate of drug-likeness (QED) is 0.699. The third kappa shape index (κ3) is 3.80. The van der Waals surface area contributed by atoms with Crippen LogP contribution in [0.2, 0.25) is 0 Å². The Morgan fingerprint density at radius 2 is 1.96 bits per heavy atom. The maximum absolute atomic E-state index is 11.3. The molecule has 3 heteroatoms. The molecule has 2 aromatic carbocycles. The average molecular weight is 347 g/mol. The van der Waals surface area contributed by atoms with Crippen molar-refractivity contribution in [2.24, 2.45) is 5.92 Å². The van der Waals surface area contributed by atoms with Gasteiger partial charge in [-0.1, -0.05) is 44.4 Å². The highest BCUT2D eigenvalue weighted by molar-refractivity contribution is 5.88. The predicted octanol–water partition coefficient (Wildman–Crippen LogP) is 5.53. The fraction of sp³-hybridized carbons (Fsp3) is 0.391. The molecule has 3 rings (SSSR count). The summed E-state index contributed by atoms with van der Waals surface area (Å²) < 4.78 is 0. The van der Waals surface area contributed by atoms with E-state index in [9.17, 15) is 9.90 Å². The zero-order chi connectivity index (χ0) is 18.5. The predicted molar refractivity (Wildman–Crippen MR) is 102 cm³/mol. The number of carboxylic acid groups (broad SMARTS) is 1. The molecule has 0 aromatic heterocycles. The SMILES string of the molecule is CCCCCC1CCc2cc(C(=O)O)ccc2C1c1ccc(C#N)cc1. The minimum absolute atomic E-state index is 0.284. The number of aromatic carboxylic acids is 1. The molecule has 3 nitrogen and oxygen atoms in total. The lowest BCUT2D eigenvalue weighted by Crippen LogP contribution is -2.22. The summed E-state index contributed by atoms with van der Waals surface area (Å²) in [5, 5.41) is 18.4. The van der Waals surface area contributed by atoms with Crippen LogP contribution in [-0.2, 0) is 6.42 Å². The van der Waals surface area contributed by atoms with Crippen molar-refractivity contribution in [2.45, 2.75) is 51.4 Å². The minimum atomic E-state index is -0.868. The summed E-state index contributed by atoms with van der Waals surface area (Å²) in [7, 11) is 0. The monoisotopic (exact) mass is 347 g/mol. The summed E-state index contributed by atoms with van der Waals surface area (Å²) in [4.78, 5) is 11.3. The van der Waals surface area contributed by atoms with E-state index in [1.807, 2.05) is 24.3 Å². The summed E-state index contributed by atoms with van der Waals surface area (Å²) >= 11 is 0. The number of hydrogen-bond acceptors (Lipinski definition) is 2. The Kier molecular flexibility index (Phi) is 5.73. The lowest BCUT2D eigenvalue weighted by Gasteiger charge is -2.34. The van der Waals surface area contributed by atoms with Crippen LogP contribution in [0.5, 0.6) is 0 Å². The summed E-state index contributed by atoms with van der Waals surface area (Å²) in [6.45, 7) is 2.22. The van der Waals surface area contributed by atoms with E-state index < -0.39 is 5.97 Å². The molecular formula is C23H25NO2. The molecule has 1 N–H and O–H groups in total.